The molecule has 0 aliphatic carbocycles. The van der Waals surface area contributed by atoms with Gasteiger partial charge in [-0.15, -0.1) is 0 Å². The lowest BCUT2D eigenvalue weighted by atomic mass is 9.77. The maximum Gasteiger partial charge on any atom is 0.303 e. The molecule has 2 saturated heterocycles. The molecule has 0 aromatic heterocycles. The van der Waals surface area contributed by atoms with E-state index in [1.54, 1.807) is 24.3 Å². The quantitative estimate of drug-likeness (QED) is 0.296. The molecule has 1 aromatic carbocycles. The Bertz CT molecular complexity index is 875. The fraction of sp³-hybridized carbons (Fsp3) is 0.542. The van der Waals surface area contributed by atoms with Gasteiger partial charge in [-0.05, 0) is 50.2 Å². The molecule has 2 heterocycles. The molecule has 1 unspecified atom stereocenters. The normalized spacial score (nSPS) is 24.6. The van der Waals surface area contributed by atoms with Gasteiger partial charge in [0, 0.05) is 23.8 Å². The first-order valence-electron chi connectivity index (χ1n) is 11.4. The van der Waals surface area contributed by atoms with Crippen LogP contribution in [0.3, 0.4) is 0 Å². The Morgan fingerprint density at radius 2 is 1.76 bits per heavy atom. The van der Waals surface area contributed by atoms with Gasteiger partial charge in [-0.2, -0.15) is 0 Å². The predicted octanol–water partition coefficient (Wildman–Crippen LogP) is 2.02. The van der Waals surface area contributed by atoms with Gasteiger partial charge < -0.3 is 20.5 Å². The molecule has 2 aliphatic heterocycles. The number of amides is 2. The molecule has 1 aromatic rings. The number of carbonyl (C=O) groups excluding carboxylic acids is 2. The molecule has 3 rings (SSSR count). The van der Waals surface area contributed by atoms with Gasteiger partial charge in [-0.1, -0.05) is 30.4 Å². The van der Waals surface area contributed by atoms with Crippen molar-refractivity contribution >= 4 is 28.6 Å². The van der Waals surface area contributed by atoms with Crippen molar-refractivity contribution in [1.82, 2.24) is 10.6 Å². The van der Waals surface area contributed by atoms with Gasteiger partial charge in [-0.3, -0.25) is 18.6 Å². The van der Waals surface area contributed by atoms with Crippen molar-refractivity contribution in [3.8, 4) is 0 Å². The molecule has 3 N–H and O–H groups in total. The van der Waals surface area contributed by atoms with E-state index >= 15 is 0 Å². The maximum absolute atomic E-state index is 12.3. The lowest BCUT2D eigenvalue weighted by Crippen LogP contribution is -2.43. The number of aliphatic carboxylic acids is 1. The second-order valence-electron chi connectivity index (χ2n) is 8.49. The van der Waals surface area contributed by atoms with Gasteiger partial charge >= 0.3 is 5.97 Å². The molecule has 180 valence electrons. The van der Waals surface area contributed by atoms with Gasteiger partial charge in [-0.25, -0.2) is 0 Å². The van der Waals surface area contributed by atoms with Crippen molar-refractivity contribution in [2.75, 3.05) is 18.8 Å². The topological polar surface area (TPSA) is 122 Å². The Hall–Kier alpha value is -2.52. The third kappa shape index (κ3) is 7.78. The van der Waals surface area contributed by atoms with E-state index in [-0.39, 0.29) is 42.8 Å². The monoisotopic (exact) mass is 476 g/mol. The SMILES string of the molecule is O=C(O)CCC/C=C\C[C@H]1[C@@H](CNC(=O)CNC(=O)CS(=O)c2ccccc2)[C@H]2CC[C@@H]1O2. The van der Waals surface area contributed by atoms with Crippen molar-refractivity contribution < 1.29 is 28.4 Å². The lowest BCUT2D eigenvalue weighted by molar-refractivity contribution is -0.137. The minimum atomic E-state index is -1.44. The van der Waals surface area contributed by atoms with E-state index in [2.05, 4.69) is 16.7 Å². The summed E-state index contributed by atoms with van der Waals surface area (Å²) in [5.74, 6) is -1.12. The van der Waals surface area contributed by atoms with Crippen LogP contribution in [0, 0.1) is 11.8 Å². The smallest absolute Gasteiger partial charge is 0.303 e. The van der Waals surface area contributed by atoms with Gasteiger partial charge in [0.2, 0.25) is 11.8 Å². The summed E-state index contributed by atoms with van der Waals surface area (Å²) in [5.41, 5.74) is 0. The van der Waals surface area contributed by atoms with Crippen LogP contribution >= 0.6 is 0 Å². The molecule has 0 radical (unpaired) electrons. The zero-order valence-corrected chi connectivity index (χ0v) is 19.4. The van der Waals surface area contributed by atoms with Crippen LogP contribution in [-0.4, -0.2) is 58.1 Å². The van der Waals surface area contributed by atoms with Crippen molar-refractivity contribution in [2.24, 2.45) is 11.8 Å². The standard InChI is InChI=1S/C24H32N2O6S/c27-22(15-26-23(28)16-33(31)17-8-4-3-5-9-17)25-14-19-18(20-12-13-21(19)32-20)10-6-1-2-7-11-24(29)30/h1,3-6,8-9,18-21H,2,7,10-16H2,(H,25,27)(H,26,28)(H,29,30)/b6-1-/t18-,19+,20-,21+,33?/m0/s1. The summed E-state index contributed by atoms with van der Waals surface area (Å²) in [6.45, 7) is 0.337. The molecular weight excluding hydrogens is 444 g/mol. The average Bonchev–Trinajstić information content (AvgIpc) is 3.41. The zero-order valence-electron chi connectivity index (χ0n) is 18.6. The van der Waals surface area contributed by atoms with Gasteiger partial charge in [0.1, 0.15) is 5.75 Å². The van der Waals surface area contributed by atoms with Crippen LogP contribution in [0.2, 0.25) is 0 Å². The van der Waals surface area contributed by atoms with Gasteiger partial charge in [0.05, 0.1) is 29.6 Å². The molecule has 0 spiro atoms. The summed E-state index contributed by atoms with van der Waals surface area (Å²) in [4.78, 5) is 35.4. The summed E-state index contributed by atoms with van der Waals surface area (Å²) in [5, 5.41) is 14.1. The first-order chi connectivity index (χ1) is 15.9. The minimum Gasteiger partial charge on any atom is -0.481 e. The van der Waals surface area contributed by atoms with E-state index in [1.165, 1.54) is 0 Å². The van der Waals surface area contributed by atoms with E-state index < -0.39 is 22.7 Å². The molecular formula is C24H32N2O6S. The van der Waals surface area contributed by atoms with Gasteiger partial charge in [0.15, 0.2) is 0 Å². The van der Waals surface area contributed by atoms with Crippen LogP contribution in [0.5, 0.6) is 0 Å². The van der Waals surface area contributed by atoms with E-state index in [0.29, 0.717) is 23.8 Å². The van der Waals surface area contributed by atoms with Crippen molar-refractivity contribution in [1.29, 1.82) is 0 Å². The number of carboxylic acids is 1. The van der Waals surface area contributed by atoms with E-state index in [1.807, 2.05) is 12.1 Å². The number of nitrogens with one attached hydrogen (secondary N) is 2. The Morgan fingerprint density at radius 1 is 1.03 bits per heavy atom. The molecule has 9 heteroatoms. The number of ether oxygens (including phenoxy) is 1. The third-order valence-corrected chi connectivity index (χ3v) is 7.50. The van der Waals surface area contributed by atoms with Crippen LogP contribution in [0.25, 0.3) is 0 Å². The molecule has 2 aliphatic rings. The lowest BCUT2D eigenvalue weighted by Gasteiger charge is -2.27. The zero-order chi connectivity index (χ0) is 23.6. The summed E-state index contributed by atoms with van der Waals surface area (Å²) < 4.78 is 18.2. The summed E-state index contributed by atoms with van der Waals surface area (Å²) in [6, 6.07) is 8.75. The molecule has 8 nitrogen and oxygen atoms in total. The van der Waals surface area contributed by atoms with Gasteiger partial charge in [0.25, 0.3) is 0 Å². The highest BCUT2D eigenvalue weighted by atomic mass is 32.2. The van der Waals surface area contributed by atoms with Crippen molar-refractivity contribution in [2.45, 2.75) is 55.6 Å². The van der Waals surface area contributed by atoms with Crippen LogP contribution in [-0.2, 0) is 29.9 Å². The van der Waals surface area contributed by atoms with E-state index in [4.69, 9.17) is 9.84 Å². The molecule has 0 saturated carbocycles. The first-order valence-corrected chi connectivity index (χ1v) is 12.7. The Kier molecular flexibility index (Phi) is 9.62. The molecule has 5 atom stereocenters. The summed E-state index contributed by atoms with van der Waals surface area (Å²) >= 11 is 0. The second-order valence-corrected chi connectivity index (χ2v) is 9.95. The Labute approximate surface area is 196 Å². The molecule has 2 bridgehead atoms. The highest BCUT2D eigenvalue weighted by Gasteiger charge is 2.47. The highest BCUT2D eigenvalue weighted by Crippen LogP contribution is 2.44. The highest BCUT2D eigenvalue weighted by molar-refractivity contribution is 7.85. The van der Waals surface area contributed by atoms with Crippen LogP contribution in [0.15, 0.2) is 47.4 Å². The summed E-state index contributed by atoms with van der Waals surface area (Å²) in [6.07, 6.45) is 8.88. The Morgan fingerprint density at radius 3 is 2.48 bits per heavy atom. The van der Waals surface area contributed by atoms with Crippen LogP contribution in [0.1, 0.15) is 38.5 Å². The number of allylic oxidation sites excluding steroid dienone is 2. The molecule has 2 fully saturated rings. The summed E-state index contributed by atoms with van der Waals surface area (Å²) in [7, 11) is -1.44. The van der Waals surface area contributed by atoms with Crippen LogP contribution < -0.4 is 10.6 Å². The number of fused-ring (bicyclic) bond motifs is 2. The predicted molar refractivity (Wildman–Crippen MR) is 124 cm³/mol. The molecule has 33 heavy (non-hydrogen) atoms. The minimum absolute atomic E-state index is 0.142. The number of carboxylic acid groups (broad SMARTS) is 1. The number of unbranched alkanes of at least 4 members (excludes halogenated alkanes) is 1. The first kappa shape index (κ1) is 25.1. The maximum atomic E-state index is 12.3. The van der Waals surface area contributed by atoms with E-state index in [9.17, 15) is 18.6 Å². The number of benzene rings is 1. The number of hydrogen-bond donors (Lipinski definition) is 3. The number of carbonyl (C=O) groups is 3. The number of rotatable bonds is 13. The number of hydrogen-bond acceptors (Lipinski definition) is 5. The van der Waals surface area contributed by atoms with E-state index in [0.717, 1.165) is 25.7 Å². The Balaban J connectivity index is 1.37. The van der Waals surface area contributed by atoms with Crippen molar-refractivity contribution in [3.05, 3.63) is 42.5 Å². The largest absolute Gasteiger partial charge is 0.481 e. The molecule has 2 amide bonds. The fourth-order valence-electron chi connectivity index (χ4n) is 4.52. The second kappa shape index (κ2) is 12.6. The van der Waals surface area contributed by atoms with Crippen molar-refractivity contribution in [3.63, 3.8) is 0 Å². The fourth-order valence-corrected chi connectivity index (χ4v) is 5.49. The van der Waals surface area contributed by atoms with Crippen LogP contribution in [0.4, 0.5) is 0 Å². The third-order valence-electron chi connectivity index (χ3n) is 6.18. The average molecular weight is 477 g/mol.